The summed E-state index contributed by atoms with van der Waals surface area (Å²) in [6.45, 7) is 4.09. The molecule has 0 aromatic rings. The van der Waals surface area contributed by atoms with Crippen LogP contribution in [0.3, 0.4) is 0 Å². The Labute approximate surface area is 98.8 Å². The Morgan fingerprint density at radius 1 is 1.27 bits per heavy atom. The summed E-state index contributed by atoms with van der Waals surface area (Å²) >= 11 is 4.39. The zero-order valence-electron chi connectivity index (χ0n) is 10.1. The van der Waals surface area contributed by atoms with Crippen LogP contribution in [0.5, 0.6) is 0 Å². The second-order valence-electron chi connectivity index (χ2n) is 4.93. The van der Waals surface area contributed by atoms with E-state index in [1.807, 2.05) is 25.8 Å². The third kappa shape index (κ3) is 3.40. The van der Waals surface area contributed by atoms with Crippen LogP contribution in [0.2, 0.25) is 0 Å². The van der Waals surface area contributed by atoms with E-state index in [0.717, 1.165) is 0 Å². The first-order valence-corrected chi connectivity index (χ1v) is 6.50. The van der Waals surface area contributed by atoms with Crippen LogP contribution in [0, 0.1) is 5.92 Å². The van der Waals surface area contributed by atoms with Gasteiger partial charge in [-0.1, -0.05) is 33.1 Å². The highest BCUT2D eigenvalue weighted by molar-refractivity contribution is 7.81. The Bertz CT molecular complexity index is 212. The van der Waals surface area contributed by atoms with Crippen molar-refractivity contribution < 1.29 is 4.79 Å². The molecule has 1 rings (SSSR count). The SMILES string of the molecule is CC(C)C(S)C(=O)N(C)C1CCCCC1. The predicted molar refractivity (Wildman–Crippen MR) is 67.3 cm³/mol. The average Bonchev–Trinajstić information content (AvgIpc) is 2.27. The van der Waals surface area contributed by atoms with Crippen LogP contribution in [0.15, 0.2) is 0 Å². The van der Waals surface area contributed by atoms with Gasteiger partial charge in [-0.25, -0.2) is 0 Å². The summed E-state index contributed by atoms with van der Waals surface area (Å²) in [5.41, 5.74) is 0. The van der Waals surface area contributed by atoms with Crippen molar-refractivity contribution >= 4 is 18.5 Å². The average molecular weight is 229 g/mol. The number of hydrogen-bond acceptors (Lipinski definition) is 2. The summed E-state index contributed by atoms with van der Waals surface area (Å²) in [6.07, 6.45) is 6.19. The highest BCUT2D eigenvalue weighted by atomic mass is 32.1. The Hall–Kier alpha value is -0.180. The van der Waals surface area contributed by atoms with Gasteiger partial charge in [-0.15, -0.1) is 0 Å². The van der Waals surface area contributed by atoms with Crippen LogP contribution in [0.4, 0.5) is 0 Å². The first kappa shape index (κ1) is 12.9. The van der Waals surface area contributed by atoms with E-state index in [0.29, 0.717) is 12.0 Å². The molecule has 0 aromatic heterocycles. The third-order valence-corrected chi connectivity index (χ3v) is 4.17. The smallest absolute Gasteiger partial charge is 0.235 e. The van der Waals surface area contributed by atoms with Gasteiger partial charge in [0.25, 0.3) is 0 Å². The molecule has 0 spiro atoms. The zero-order valence-corrected chi connectivity index (χ0v) is 11.0. The Morgan fingerprint density at radius 2 is 1.80 bits per heavy atom. The molecule has 3 heteroatoms. The van der Waals surface area contributed by atoms with E-state index in [1.165, 1.54) is 32.1 Å². The second-order valence-corrected chi connectivity index (χ2v) is 5.49. The van der Waals surface area contributed by atoms with E-state index in [1.54, 1.807) is 0 Å². The third-order valence-electron chi connectivity index (χ3n) is 3.35. The molecule has 1 amide bonds. The van der Waals surface area contributed by atoms with E-state index < -0.39 is 0 Å². The molecule has 1 fully saturated rings. The zero-order chi connectivity index (χ0) is 11.4. The van der Waals surface area contributed by atoms with E-state index >= 15 is 0 Å². The molecule has 1 aliphatic carbocycles. The summed E-state index contributed by atoms with van der Waals surface area (Å²) in [7, 11) is 1.93. The maximum Gasteiger partial charge on any atom is 0.235 e. The maximum atomic E-state index is 12.0. The molecule has 0 radical (unpaired) electrons. The van der Waals surface area contributed by atoms with E-state index in [9.17, 15) is 4.79 Å². The number of hydrogen-bond donors (Lipinski definition) is 1. The summed E-state index contributed by atoms with van der Waals surface area (Å²) in [4.78, 5) is 14.0. The fourth-order valence-electron chi connectivity index (χ4n) is 2.14. The lowest BCUT2D eigenvalue weighted by Gasteiger charge is -2.33. The molecule has 0 aliphatic heterocycles. The predicted octanol–water partition coefficient (Wildman–Crippen LogP) is 2.73. The Balaban J connectivity index is 2.50. The highest BCUT2D eigenvalue weighted by Crippen LogP contribution is 2.23. The minimum absolute atomic E-state index is 0.142. The minimum atomic E-state index is -0.142. The van der Waals surface area contributed by atoms with Gasteiger partial charge in [-0.05, 0) is 18.8 Å². The molecule has 0 heterocycles. The number of thiol groups is 1. The number of amides is 1. The molecule has 15 heavy (non-hydrogen) atoms. The van der Waals surface area contributed by atoms with Crippen molar-refractivity contribution in [2.45, 2.75) is 57.2 Å². The molecule has 0 saturated heterocycles. The van der Waals surface area contributed by atoms with Gasteiger partial charge in [0.15, 0.2) is 0 Å². The fourth-order valence-corrected chi connectivity index (χ4v) is 2.32. The van der Waals surface area contributed by atoms with Crippen molar-refractivity contribution in [2.24, 2.45) is 5.92 Å². The lowest BCUT2D eigenvalue weighted by atomic mass is 9.94. The normalized spacial score (nSPS) is 20.3. The molecule has 1 aliphatic rings. The van der Waals surface area contributed by atoms with Crippen molar-refractivity contribution in [3.63, 3.8) is 0 Å². The van der Waals surface area contributed by atoms with Crippen LogP contribution < -0.4 is 0 Å². The molecular formula is C12H23NOS. The van der Waals surface area contributed by atoms with Crippen LogP contribution in [-0.2, 0) is 4.79 Å². The lowest BCUT2D eigenvalue weighted by Crippen LogP contribution is -2.43. The first-order chi connectivity index (χ1) is 7.04. The molecule has 0 bridgehead atoms. The highest BCUT2D eigenvalue weighted by Gasteiger charge is 2.27. The molecule has 0 N–H and O–H groups in total. The standard InChI is InChI=1S/C12H23NOS/c1-9(2)11(15)12(14)13(3)10-7-5-4-6-8-10/h9-11,15H,4-8H2,1-3H3. The Morgan fingerprint density at radius 3 is 2.27 bits per heavy atom. The second kappa shape index (κ2) is 5.78. The van der Waals surface area contributed by atoms with Crippen molar-refractivity contribution in [1.29, 1.82) is 0 Å². The fraction of sp³-hybridized carbons (Fsp3) is 0.917. The minimum Gasteiger partial charge on any atom is -0.342 e. The van der Waals surface area contributed by atoms with Crippen molar-refractivity contribution in [2.75, 3.05) is 7.05 Å². The van der Waals surface area contributed by atoms with Crippen molar-refractivity contribution in [3.8, 4) is 0 Å². The molecule has 0 aromatic carbocycles. The van der Waals surface area contributed by atoms with E-state index in [2.05, 4.69) is 12.6 Å². The van der Waals surface area contributed by atoms with Crippen LogP contribution in [-0.4, -0.2) is 29.1 Å². The first-order valence-electron chi connectivity index (χ1n) is 5.98. The van der Waals surface area contributed by atoms with Gasteiger partial charge in [-0.3, -0.25) is 4.79 Å². The van der Waals surface area contributed by atoms with E-state index in [4.69, 9.17) is 0 Å². The summed E-state index contributed by atoms with van der Waals surface area (Å²) < 4.78 is 0. The maximum absolute atomic E-state index is 12.0. The number of nitrogens with zero attached hydrogens (tertiary/aromatic N) is 1. The van der Waals surface area contributed by atoms with Crippen molar-refractivity contribution in [1.82, 2.24) is 4.90 Å². The van der Waals surface area contributed by atoms with Gasteiger partial charge >= 0.3 is 0 Å². The van der Waals surface area contributed by atoms with Gasteiger partial charge in [0.2, 0.25) is 5.91 Å². The molecular weight excluding hydrogens is 206 g/mol. The molecule has 2 nitrogen and oxygen atoms in total. The number of carbonyl (C=O) groups excluding carboxylic acids is 1. The number of rotatable bonds is 3. The Kier molecular flexibility index (Phi) is 4.97. The lowest BCUT2D eigenvalue weighted by molar-refractivity contribution is -0.132. The van der Waals surface area contributed by atoms with E-state index in [-0.39, 0.29) is 11.2 Å². The van der Waals surface area contributed by atoms with Gasteiger partial charge < -0.3 is 4.90 Å². The number of carbonyl (C=O) groups is 1. The van der Waals surface area contributed by atoms with Crippen molar-refractivity contribution in [3.05, 3.63) is 0 Å². The molecule has 1 saturated carbocycles. The van der Waals surface area contributed by atoms with Crippen LogP contribution in [0.25, 0.3) is 0 Å². The topological polar surface area (TPSA) is 20.3 Å². The van der Waals surface area contributed by atoms with Gasteiger partial charge in [-0.2, -0.15) is 12.6 Å². The largest absolute Gasteiger partial charge is 0.342 e. The summed E-state index contributed by atoms with van der Waals surface area (Å²) in [6, 6.07) is 0.458. The van der Waals surface area contributed by atoms with Gasteiger partial charge in [0, 0.05) is 13.1 Å². The molecule has 88 valence electrons. The van der Waals surface area contributed by atoms with Crippen LogP contribution in [0.1, 0.15) is 46.0 Å². The summed E-state index contributed by atoms with van der Waals surface area (Å²) in [5, 5.41) is -0.142. The molecule has 1 atom stereocenters. The monoisotopic (exact) mass is 229 g/mol. The quantitative estimate of drug-likeness (QED) is 0.738. The van der Waals surface area contributed by atoms with Gasteiger partial charge in [0.1, 0.15) is 0 Å². The molecule has 1 unspecified atom stereocenters. The summed E-state index contributed by atoms with van der Waals surface area (Å²) in [5.74, 6) is 0.507. The van der Waals surface area contributed by atoms with Gasteiger partial charge in [0.05, 0.1) is 5.25 Å². The van der Waals surface area contributed by atoms with Crippen LogP contribution >= 0.6 is 12.6 Å².